The molecule has 0 aliphatic carbocycles. The first-order valence-corrected chi connectivity index (χ1v) is 12.1. The van der Waals surface area contributed by atoms with E-state index < -0.39 is 17.3 Å². The van der Waals surface area contributed by atoms with Crippen LogP contribution in [0.15, 0.2) is 18.3 Å². The van der Waals surface area contributed by atoms with E-state index >= 15 is 0 Å². The maximum absolute atomic E-state index is 12.0. The highest BCUT2D eigenvalue weighted by Gasteiger charge is 2.43. The highest BCUT2D eigenvalue weighted by molar-refractivity contribution is 5.87. The summed E-state index contributed by atoms with van der Waals surface area (Å²) in [6.07, 6.45) is 9.27. The minimum absolute atomic E-state index is 0.287. The summed E-state index contributed by atoms with van der Waals surface area (Å²) in [6.45, 7) is 9.05. The number of aromatic nitrogens is 1. The van der Waals surface area contributed by atoms with Gasteiger partial charge in [0.2, 0.25) is 0 Å². The first-order chi connectivity index (χ1) is 16.2. The van der Waals surface area contributed by atoms with Gasteiger partial charge in [0.1, 0.15) is 17.0 Å². The fourth-order valence-electron chi connectivity index (χ4n) is 4.07. The lowest BCUT2D eigenvalue weighted by molar-refractivity contribution is -0.0130. The van der Waals surface area contributed by atoms with Gasteiger partial charge in [-0.2, -0.15) is 0 Å². The molecule has 1 fully saturated rings. The van der Waals surface area contributed by atoms with Crippen LogP contribution < -0.4 is 10.6 Å². The van der Waals surface area contributed by atoms with Crippen molar-refractivity contribution in [2.45, 2.75) is 64.1 Å². The standard InChI is InChI=1S/C25H38N4O5/c1-24(2,3)34-23(31)29(4)14-6-5-7-15-32-16-8-9-19-17-20-21(27-18-19)28-22(30)33-25(20)10-12-26-13-11-25/h8-9,17-18,26H,5-7,10-16H2,1-4H3,(H,27,28,30)/b9-8+. The number of ether oxygens (including phenoxy) is 3. The zero-order chi connectivity index (χ0) is 24.6. The highest BCUT2D eigenvalue weighted by Crippen LogP contribution is 2.41. The van der Waals surface area contributed by atoms with Crippen molar-refractivity contribution in [3.05, 3.63) is 29.5 Å². The Hall–Kier alpha value is -2.65. The molecule has 3 heterocycles. The van der Waals surface area contributed by atoms with Crippen LogP contribution in [0.1, 0.15) is 64.0 Å². The Morgan fingerprint density at radius 1 is 1.26 bits per heavy atom. The zero-order valence-electron chi connectivity index (χ0n) is 20.8. The minimum Gasteiger partial charge on any atom is -0.444 e. The van der Waals surface area contributed by atoms with E-state index in [-0.39, 0.29) is 6.09 Å². The molecule has 1 aromatic heterocycles. The minimum atomic E-state index is -0.603. The Balaban J connectivity index is 1.37. The van der Waals surface area contributed by atoms with Crippen molar-refractivity contribution < 1.29 is 23.8 Å². The number of hydrogen-bond donors (Lipinski definition) is 2. The van der Waals surface area contributed by atoms with E-state index in [1.165, 1.54) is 0 Å². The van der Waals surface area contributed by atoms with Gasteiger partial charge in [-0.25, -0.2) is 14.6 Å². The predicted molar refractivity (Wildman–Crippen MR) is 131 cm³/mol. The molecule has 0 unspecified atom stereocenters. The van der Waals surface area contributed by atoms with Crippen LogP contribution in [0.3, 0.4) is 0 Å². The van der Waals surface area contributed by atoms with Gasteiger partial charge in [-0.15, -0.1) is 0 Å². The van der Waals surface area contributed by atoms with E-state index in [1.54, 1.807) is 18.1 Å². The third kappa shape index (κ3) is 7.43. The van der Waals surface area contributed by atoms with Gasteiger partial charge in [-0.1, -0.05) is 12.2 Å². The van der Waals surface area contributed by atoms with Crippen LogP contribution in [-0.4, -0.2) is 67.6 Å². The molecule has 188 valence electrons. The van der Waals surface area contributed by atoms with Gasteiger partial charge in [0.25, 0.3) is 0 Å². The number of carbonyl (C=O) groups is 2. The van der Waals surface area contributed by atoms with Gasteiger partial charge in [-0.3, -0.25) is 5.32 Å². The summed E-state index contributed by atoms with van der Waals surface area (Å²) in [5.41, 5.74) is 0.812. The van der Waals surface area contributed by atoms with Gasteiger partial charge in [0.05, 0.1) is 6.61 Å². The Morgan fingerprint density at radius 3 is 2.76 bits per heavy atom. The molecule has 3 rings (SSSR count). The number of rotatable bonds is 9. The van der Waals surface area contributed by atoms with Crippen LogP contribution >= 0.6 is 0 Å². The number of carbonyl (C=O) groups excluding carboxylic acids is 2. The molecule has 0 bridgehead atoms. The Labute approximate surface area is 202 Å². The Bertz CT molecular complexity index is 875. The molecule has 2 N–H and O–H groups in total. The van der Waals surface area contributed by atoms with E-state index in [4.69, 9.17) is 14.2 Å². The quantitative estimate of drug-likeness (QED) is 0.515. The molecular weight excluding hydrogens is 436 g/mol. The Morgan fingerprint density at radius 2 is 2.03 bits per heavy atom. The van der Waals surface area contributed by atoms with E-state index in [1.807, 2.05) is 39.0 Å². The van der Waals surface area contributed by atoms with E-state index in [2.05, 4.69) is 15.6 Å². The molecule has 1 aromatic rings. The summed E-state index contributed by atoms with van der Waals surface area (Å²) < 4.78 is 16.8. The second-order valence-corrected chi connectivity index (χ2v) is 9.86. The fourth-order valence-corrected chi connectivity index (χ4v) is 4.07. The lowest BCUT2D eigenvalue weighted by Crippen LogP contribution is -2.47. The van der Waals surface area contributed by atoms with Gasteiger partial charge < -0.3 is 24.4 Å². The number of hydrogen-bond acceptors (Lipinski definition) is 7. The SMILES string of the molecule is CN(CCCCCOC/C=C/c1cnc2c(c1)C1(CCNCC1)OC(=O)N2)C(=O)OC(C)(C)C. The van der Waals surface area contributed by atoms with Crippen molar-refractivity contribution in [2.24, 2.45) is 0 Å². The monoisotopic (exact) mass is 474 g/mol. The van der Waals surface area contributed by atoms with E-state index in [0.717, 1.165) is 56.3 Å². The number of fused-ring (bicyclic) bond motifs is 2. The number of pyridine rings is 1. The topological polar surface area (TPSA) is 102 Å². The number of piperidine rings is 1. The van der Waals surface area contributed by atoms with Crippen molar-refractivity contribution >= 4 is 24.1 Å². The fraction of sp³-hybridized carbons (Fsp3) is 0.640. The second-order valence-electron chi connectivity index (χ2n) is 9.86. The molecular formula is C25H38N4O5. The molecule has 0 atom stereocenters. The molecule has 1 spiro atoms. The van der Waals surface area contributed by atoms with Gasteiger partial charge >= 0.3 is 12.2 Å². The molecule has 1 saturated heterocycles. The first kappa shape index (κ1) is 26.0. The van der Waals surface area contributed by atoms with Crippen LogP contribution in [0.4, 0.5) is 15.4 Å². The summed E-state index contributed by atoms with van der Waals surface area (Å²) in [5, 5.41) is 6.03. The molecule has 2 aliphatic rings. The van der Waals surface area contributed by atoms with Gasteiger partial charge in [0, 0.05) is 44.8 Å². The van der Waals surface area contributed by atoms with Gasteiger partial charge in [-0.05, 0) is 64.8 Å². The van der Waals surface area contributed by atoms with Crippen molar-refractivity contribution in [1.29, 1.82) is 0 Å². The van der Waals surface area contributed by atoms with Crippen molar-refractivity contribution in [1.82, 2.24) is 15.2 Å². The van der Waals surface area contributed by atoms with E-state index in [9.17, 15) is 9.59 Å². The zero-order valence-corrected chi connectivity index (χ0v) is 20.8. The van der Waals surface area contributed by atoms with Gasteiger partial charge in [0.15, 0.2) is 0 Å². The third-order valence-corrected chi connectivity index (χ3v) is 5.83. The average Bonchev–Trinajstić information content (AvgIpc) is 2.77. The largest absolute Gasteiger partial charge is 0.444 e. The van der Waals surface area contributed by atoms with Crippen LogP contribution in [0.25, 0.3) is 6.08 Å². The number of amides is 2. The van der Waals surface area contributed by atoms with Crippen LogP contribution in [0, 0.1) is 0 Å². The number of nitrogens with one attached hydrogen (secondary N) is 2. The number of anilines is 1. The first-order valence-electron chi connectivity index (χ1n) is 12.1. The van der Waals surface area contributed by atoms with Crippen LogP contribution in [0.5, 0.6) is 0 Å². The molecule has 9 nitrogen and oxygen atoms in total. The van der Waals surface area contributed by atoms with Crippen molar-refractivity contribution in [3.63, 3.8) is 0 Å². The summed E-state index contributed by atoms with van der Waals surface area (Å²) in [7, 11) is 1.76. The molecule has 0 saturated carbocycles. The maximum Gasteiger partial charge on any atom is 0.413 e. The number of unbranched alkanes of at least 4 members (excludes halogenated alkanes) is 2. The molecule has 0 radical (unpaired) electrons. The third-order valence-electron chi connectivity index (χ3n) is 5.83. The molecule has 34 heavy (non-hydrogen) atoms. The molecule has 2 amide bonds. The summed E-state index contributed by atoms with van der Waals surface area (Å²) in [4.78, 5) is 30.0. The van der Waals surface area contributed by atoms with Crippen molar-refractivity contribution in [3.8, 4) is 0 Å². The summed E-state index contributed by atoms with van der Waals surface area (Å²) in [5.74, 6) is 0.587. The normalized spacial score (nSPS) is 17.2. The summed E-state index contributed by atoms with van der Waals surface area (Å²) in [6, 6.07) is 2.05. The predicted octanol–water partition coefficient (Wildman–Crippen LogP) is 4.29. The van der Waals surface area contributed by atoms with Crippen LogP contribution in [0.2, 0.25) is 0 Å². The lowest BCUT2D eigenvalue weighted by Gasteiger charge is -2.40. The highest BCUT2D eigenvalue weighted by atomic mass is 16.6. The lowest BCUT2D eigenvalue weighted by atomic mass is 9.83. The molecule has 2 aliphatic heterocycles. The molecule has 9 heteroatoms. The smallest absolute Gasteiger partial charge is 0.413 e. The average molecular weight is 475 g/mol. The Kier molecular flexibility index (Phi) is 8.90. The number of nitrogens with zero attached hydrogens (tertiary/aromatic N) is 2. The molecule has 0 aromatic carbocycles. The van der Waals surface area contributed by atoms with E-state index in [0.29, 0.717) is 25.6 Å². The summed E-state index contributed by atoms with van der Waals surface area (Å²) >= 11 is 0. The van der Waals surface area contributed by atoms with Crippen LogP contribution in [-0.2, 0) is 19.8 Å². The van der Waals surface area contributed by atoms with Crippen molar-refractivity contribution in [2.75, 3.05) is 45.2 Å². The second kappa shape index (κ2) is 11.7. The maximum atomic E-state index is 12.0.